The Labute approximate surface area is 136 Å². The summed E-state index contributed by atoms with van der Waals surface area (Å²) in [6, 6.07) is 12.6. The zero-order chi connectivity index (χ0) is 15.6. The van der Waals surface area contributed by atoms with Crippen LogP contribution in [0.4, 0.5) is 5.69 Å². The second-order valence-electron chi connectivity index (χ2n) is 6.49. The first-order valence-corrected chi connectivity index (χ1v) is 8.45. The van der Waals surface area contributed by atoms with E-state index in [1.165, 1.54) is 11.3 Å². The lowest BCUT2D eigenvalue weighted by Crippen LogP contribution is -2.28. The Bertz CT molecular complexity index is 680. The highest BCUT2D eigenvalue weighted by atomic mass is 16.3. The molecular formula is C19H22N2O2. The number of hydrogen-bond acceptors (Lipinski definition) is 3. The highest BCUT2D eigenvalue weighted by molar-refractivity contribution is 5.78. The smallest absolute Gasteiger partial charge is 0.222 e. The highest BCUT2D eigenvalue weighted by Gasteiger charge is 2.30. The number of anilines is 1. The van der Waals surface area contributed by atoms with Crippen molar-refractivity contribution in [2.24, 2.45) is 0 Å². The van der Waals surface area contributed by atoms with E-state index < -0.39 is 0 Å². The van der Waals surface area contributed by atoms with E-state index in [1.54, 1.807) is 6.26 Å². The summed E-state index contributed by atoms with van der Waals surface area (Å²) < 4.78 is 5.51. The molecule has 0 unspecified atom stereocenters. The van der Waals surface area contributed by atoms with Gasteiger partial charge in [0, 0.05) is 37.7 Å². The number of benzene rings is 1. The number of furan rings is 1. The quantitative estimate of drug-likeness (QED) is 0.849. The molecule has 120 valence electrons. The average Bonchev–Trinajstić information content (AvgIpc) is 3.28. The first-order chi connectivity index (χ1) is 11.3. The Kier molecular flexibility index (Phi) is 3.82. The highest BCUT2D eigenvalue weighted by Crippen LogP contribution is 2.39. The third-order valence-corrected chi connectivity index (χ3v) is 5.00. The number of carbonyl (C=O) groups is 1. The van der Waals surface area contributed by atoms with Crippen LogP contribution < -0.4 is 4.90 Å². The van der Waals surface area contributed by atoms with Gasteiger partial charge in [0.15, 0.2) is 0 Å². The molecule has 0 N–H and O–H groups in total. The van der Waals surface area contributed by atoms with Crippen molar-refractivity contribution in [2.75, 3.05) is 24.5 Å². The van der Waals surface area contributed by atoms with Crippen LogP contribution >= 0.6 is 0 Å². The van der Waals surface area contributed by atoms with Gasteiger partial charge in [-0.15, -0.1) is 0 Å². The lowest BCUT2D eigenvalue weighted by atomic mass is 9.98. The van der Waals surface area contributed by atoms with E-state index in [0.29, 0.717) is 11.8 Å². The van der Waals surface area contributed by atoms with Gasteiger partial charge in [-0.05, 0) is 36.6 Å². The summed E-state index contributed by atoms with van der Waals surface area (Å²) in [7, 11) is 0. The molecule has 0 radical (unpaired) electrons. The Hall–Kier alpha value is -2.23. The standard InChI is InChI=1S/C19H22N2O2/c22-19-8-3-10-20(19)11-9-15-13-21(14-16-5-4-12-23-16)18-7-2-1-6-17(15)18/h1-2,4-7,12,15H,3,8-11,13-14H2/t15-/m1/s1. The monoisotopic (exact) mass is 310 g/mol. The number of nitrogens with zero attached hydrogens (tertiary/aromatic N) is 2. The van der Waals surface area contributed by atoms with Crippen molar-refractivity contribution in [3.8, 4) is 0 Å². The van der Waals surface area contributed by atoms with E-state index in [-0.39, 0.29) is 0 Å². The van der Waals surface area contributed by atoms with Crippen molar-refractivity contribution in [1.29, 1.82) is 0 Å². The third kappa shape index (κ3) is 2.85. The molecule has 1 aromatic carbocycles. The van der Waals surface area contributed by atoms with Gasteiger partial charge in [0.05, 0.1) is 12.8 Å². The fourth-order valence-corrected chi connectivity index (χ4v) is 3.82. The van der Waals surface area contributed by atoms with Crippen LogP contribution in [0.2, 0.25) is 0 Å². The number of likely N-dealkylation sites (tertiary alicyclic amines) is 1. The fraction of sp³-hybridized carbons (Fsp3) is 0.421. The summed E-state index contributed by atoms with van der Waals surface area (Å²) in [6.45, 7) is 3.63. The molecule has 1 atom stereocenters. The Morgan fingerprint density at radius 1 is 1.13 bits per heavy atom. The van der Waals surface area contributed by atoms with Gasteiger partial charge in [-0.1, -0.05) is 18.2 Å². The van der Waals surface area contributed by atoms with Crippen molar-refractivity contribution in [3.63, 3.8) is 0 Å². The minimum atomic E-state index is 0.323. The van der Waals surface area contributed by atoms with Gasteiger partial charge in [0.2, 0.25) is 5.91 Å². The molecule has 4 rings (SSSR count). The molecule has 0 saturated carbocycles. The predicted octanol–water partition coefficient (Wildman–Crippen LogP) is 3.40. The van der Waals surface area contributed by atoms with Gasteiger partial charge < -0.3 is 14.2 Å². The van der Waals surface area contributed by atoms with Crippen molar-refractivity contribution in [3.05, 3.63) is 54.0 Å². The predicted molar refractivity (Wildman–Crippen MR) is 89.4 cm³/mol. The molecule has 3 heterocycles. The largest absolute Gasteiger partial charge is 0.467 e. The number of fused-ring (bicyclic) bond motifs is 1. The molecule has 4 nitrogen and oxygen atoms in total. The van der Waals surface area contributed by atoms with Crippen LogP contribution in [0, 0.1) is 0 Å². The molecular weight excluding hydrogens is 288 g/mol. The van der Waals surface area contributed by atoms with Gasteiger partial charge in [-0.2, -0.15) is 0 Å². The lowest BCUT2D eigenvalue weighted by molar-refractivity contribution is -0.127. The van der Waals surface area contributed by atoms with Crippen LogP contribution in [-0.2, 0) is 11.3 Å². The van der Waals surface area contributed by atoms with Gasteiger partial charge >= 0.3 is 0 Å². The van der Waals surface area contributed by atoms with Crippen LogP contribution in [0.1, 0.15) is 36.5 Å². The van der Waals surface area contributed by atoms with Crippen LogP contribution in [0.25, 0.3) is 0 Å². The summed E-state index contributed by atoms with van der Waals surface area (Å²) in [5.74, 6) is 1.81. The topological polar surface area (TPSA) is 36.7 Å². The van der Waals surface area contributed by atoms with Crippen LogP contribution in [0.15, 0.2) is 47.1 Å². The maximum atomic E-state index is 11.8. The minimum Gasteiger partial charge on any atom is -0.467 e. The van der Waals surface area contributed by atoms with Crippen molar-refractivity contribution in [1.82, 2.24) is 4.90 Å². The van der Waals surface area contributed by atoms with Gasteiger partial charge in [-0.3, -0.25) is 4.79 Å². The number of rotatable bonds is 5. The fourth-order valence-electron chi connectivity index (χ4n) is 3.82. The molecule has 0 bridgehead atoms. The summed E-state index contributed by atoms with van der Waals surface area (Å²) in [5.41, 5.74) is 2.72. The van der Waals surface area contributed by atoms with Gasteiger partial charge in [-0.25, -0.2) is 0 Å². The molecule has 2 aliphatic rings. The summed E-state index contributed by atoms with van der Waals surface area (Å²) in [4.78, 5) is 16.2. The maximum Gasteiger partial charge on any atom is 0.222 e. The normalized spacial score (nSPS) is 20.3. The first-order valence-electron chi connectivity index (χ1n) is 8.45. The Morgan fingerprint density at radius 2 is 2.04 bits per heavy atom. The van der Waals surface area contributed by atoms with Crippen molar-refractivity contribution >= 4 is 11.6 Å². The minimum absolute atomic E-state index is 0.323. The number of carbonyl (C=O) groups excluding carboxylic acids is 1. The van der Waals surface area contributed by atoms with E-state index in [2.05, 4.69) is 29.2 Å². The van der Waals surface area contributed by atoms with Crippen LogP contribution in [0.5, 0.6) is 0 Å². The SMILES string of the molecule is O=C1CCCN1CC[C@@H]1CN(Cc2ccco2)c2ccccc21. The molecule has 0 spiro atoms. The maximum absolute atomic E-state index is 11.8. The van der Waals surface area contributed by atoms with E-state index in [1.807, 2.05) is 17.0 Å². The summed E-state index contributed by atoms with van der Waals surface area (Å²) in [6.07, 6.45) is 4.52. The lowest BCUT2D eigenvalue weighted by Gasteiger charge is -2.20. The van der Waals surface area contributed by atoms with Crippen molar-refractivity contribution in [2.45, 2.75) is 31.7 Å². The number of para-hydroxylation sites is 1. The summed E-state index contributed by atoms with van der Waals surface area (Å²) >= 11 is 0. The van der Waals surface area contributed by atoms with E-state index >= 15 is 0 Å². The Balaban J connectivity index is 1.47. The summed E-state index contributed by atoms with van der Waals surface area (Å²) in [5, 5.41) is 0. The second-order valence-corrected chi connectivity index (χ2v) is 6.49. The molecule has 2 aromatic rings. The van der Waals surface area contributed by atoms with Gasteiger partial charge in [0.25, 0.3) is 0 Å². The zero-order valence-electron chi connectivity index (χ0n) is 13.3. The van der Waals surface area contributed by atoms with Gasteiger partial charge in [0.1, 0.15) is 5.76 Å². The molecule has 1 fully saturated rings. The molecule has 4 heteroatoms. The number of hydrogen-bond donors (Lipinski definition) is 0. The average molecular weight is 310 g/mol. The molecule has 0 aliphatic carbocycles. The van der Waals surface area contributed by atoms with E-state index in [9.17, 15) is 4.79 Å². The third-order valence-electron chi connectivity index (χ3n) is 5.00. The molecule has 23 heavy (non-hydrogen) atoms. The first kappa shape index (κ1) is 14.4. The Morgan fingerprint density at radius 3 is 2.83 bits per heavy atom. The van der Waals surface area contributed by atoms with E-state index in [4.69, 9.17) is 4.42 Å². The molecule has 2 aliphatic heterocycles. The van der Waals surface area contributed by atoms with Crippen molar-refractivity contribution < 1.29 is 9.21 Å². The number of amides is 1. The zero-order valence-corrected chi connectivity index (χ0v) is 13.3. The van der Waals surface area contributed by atoms with Crippen LogP contribution in [-0.4, -0.2) is 30.4 Å². The van der Waals surface area contributed by atoms with Crippen LogP contribution in [0.3, 0.4) is 0 Å². The second kappa shape index (κ2) is 6.11. The van der Waals surface area contributed by atoms with E-state index in [0.717, 1.165) is 51.2 Å². The molecule has 1 amide bonds. The molecule has 1 saturated heterocycles. The molecule has 1 aromatic heterocycles.